The van der Waals surface area contributed by atoms with E-state index >= 15 is 0 Å². The van der Waals surface area contributed by atoms with Crippen molar-refractivity contribution in [3.63, 3.8) is 0 Å². The Morgan fingerprint density at radius 3 is 2.17 bits per heavy atom. The predicted molar refractivity (Wildman–Crippen MR) is 28.0 cm³/mol. The summed E-state index contributed by atoms with van der Waals surface area (Å²) in [5, 5.41) is 1.93. The molecule has 0 bridgehead atoms. The number of thioether (sulfide) groups is 1. The number of allylic oxidation sites excluding steroid dienone is 1. The van der Waals surface area contributed by atoms with E-state index in [1.54, 1.807) is 17.8 Å². The van der Waals surface area contributed by atoms with Crippen molar-refractivity contribution in [3.05, 3.63) is 18.4 Å². The van der Waals surface area contributed by atoms with E-state index in [0.29, 0.717) is 0 Å². The van der Waals surface area contributed by atoms with Crippen LogP contribution in [0.5, 0.6) is 0 Å². The average molecular weight is 176 g/mol. The first kappa shape index (κ1) is 10.1. The molecule has 0 aliphatic heterocycles. The van der Waals surface area contributed by atoms with Crippen molar-refractivity contribution in [1.82, 2.24) is 0 Å². The van der Waals surface area contributed by atoms with Crippen molar-refractivity contribution in [2.45, 2.75) is 0 Å². The normalized spacial score (nSPS) is 8.17. The molecule has 0 fully saturated rings. The molecule has 0 saturated carbocycles. The topological polar surface area (TPSA) is 0 Å². The maximum absolute atomic E-state index is 3.47. The summed E-state index contributed by atoms with van der Waals surface area (Å²) in [6, 6.07) is 0. The van der Waals surface area contributed by atoms with Gasteiger partial charge in [0, 0.05) is 32.7 Å². The van der Waals surface area contributed by atoms with Crippen LogP contribution in [0.15, 0.2) is 11.5 Å². The monoisotopic (exact) mass is 176 g/mol. The zero-order valence-electron chi connectivity index (χ0n) is 3.85. The Balaban J connectivity index is 0. The van der Waals surface area contributed by atoms with E-state index < -0.39 is 0 Å². The standard InChI is InChI=1S/C4H7S.Y/c1-3-4-5-2;/h3-4H,1H2,2H3;/q-1;/b4-3+;. The molecule has 0 spiro atoms. The molecule has 0 aliphatic rings. The van der Waals surface area contributed by atoms with Crippen LogP contribution in [0.2, 0.25) is 0 Å². The minimum Gasteiger partial charge on any atom is -0.244 e. The number of hydrogen-bond acceptors (Lipinski definition) is 1. The first-order valence-electron chi connectivity index (χ1n) is 1.39. The van der Waals surface area contributed by atoms with Gasteiger partial charge in [-0.1, -0.05) is 0 Å². The molecule has 6 heavy (non-hydrogen) atoms. The fourth-order valence-electron chi connectivity index (χ4n) is 0.0962. The van der Waals surface area contributed by atoms with E-state index in [0.717, 1.165) is 0 Å². The maximum atomic E-state index is 3.47. The third-order valence-electron chi connectivity index (χ3n) is 0.232. The van der Waals surface area contributed by atoms with Gasteiger partial charge in [0.25, 0.3) is 0 Å². The van der Waals surface area contributed by atoms with Crippen LogP contribution in [-0.2, 0) is 32.7 Å². The third-order valence-corrected chi connectivity index (χ3v) is 0.697. The summed E-state index contributed by atoms with van der Waals surface area (Å²) < 4.78 is 0. The van der Waals surface area contributed by atoms with E-state index in [1.165, 1.54) is 0 Å². The van der Waals surface area contributed by atoms with Crippen molar-refractivity contribution in [3.8, 4) is 0 Å². The van der Waals surface area contributed by atoms with Gasteiger partial charge in [-0.05, 0) is 6.26 Å². The second-order valence-corrected chi connectivity index (χ2v) is 1.35. The average Bonchev–Trinajstić information content (AvgIpc) is 1.41. The molecule has 2 heteroatoms. The van der Waals surface area contributed by atoms with Gasteiger partial charge in [0.15, 0.2) is 0 Å². The van der Waals surface area contributed by atoms with Gasteiger partial charge >= 0.3 is 0 Å². The van der Waals surface area contributed by atoms with Gasteiger partial charge < -0.3 is 0 Å². The Bertz CT molecular complexity index is 34.5. The van der Waals surface area contributed by atoms with Crippen molar-refractivity contribution >= 4 is 11.8 Å². The Morgan fingerprint density at radius 1 is 1.67 bits per heavy atom. The van der Waals surface area contributed by atoms with Gasteiger partial charge in [0.05, 0.1) is 0 Å². The van der Waals surface area contributed by atoms with Crippen LogP contribution in [0, 0.1) is 6.92 Å². The fraction of sp³-hybridized carbons (Fsp3) is 0.250. The minimum absolute atomic E-state index is 0. The first-order valence-corrected chi connectivity index (χ1v) is 2.67. The summed E-state index contributed by atoms with van der Waals surface area (Å²) in [5.41, 5.74) is 0. The fourth-order valence-corrected chi connectivity index (χ4v) is 0.289. The summed E-state index contributed by atoms with van der Waals surface area (Å²) in [6.45, 7) is 3.47. The molecular weight excluding hydrogens is 169 g/mol. The molecular formula is C4H7SY-. The van der Waals surface area contributed by atoms with Gasteiger partial charge in [0.2, 0.25) is 0 Å². The second kappa shape index (κ2) is 9.42. The van der Waals surface area contributed by atoms with Crippen LogP contribution >= 0.6 is 11.8 Å². The third kappa shape index (κ3) is 8.91. The van der Waals surface area contributed by atoms with Crippen LogP contribution in [0.4, 0.5) is 0 Å². The largest absolute Gasteiger partial charge is 0.244 e. The van der Waals surface area contributed by atoms with Crippen molar-refractivity contribution < 1.29 is 32.7 Å². The van der Waals surface area contributed by atoms with E-state index in [1.807, 2.05) is 11.7 Å². The Labute approximate surface area is 68.7 Å². The Hall–Kier alpha value is 1.06. The van der Waals surface area contributed by atoms with Gasteiger partial charge in [-0.15, -0.1) is 0 Å². The number of rotatable bonds is 1. The van der Waals surface area contributed by atoms with Crippen LogP contribution < -0.4 is 0 Å². The van der Waals surface area contributed by atoms with E-state index in [9.17, 15) is 0 Å². The van der Waals surface area contributed by atoms with Crippen LogP contribution in [0.25, 0.3) is 0 Å². The first-order chi connectivity index (χ1) is 2.41. The SMILES string of the molecule is [CH2-]/C=C/SC.[Y]. The van der Waals surface area contributed by atoms with Gasteiger partial charge in [0.1, 0.15) is 0 Å². The van der Waals surface area contributed by atoms with Gasteiger partial charge in [-0.3, -0.25) is 0 Å². The molecule has 0 aliphatic carbocycles. The molecule has 0 rings (SSSR count). The molecule has 0 atom stereocenters. The summed E-state index contributed by atoms with van der Waals surface area (Å²) >= 11 is 1.66. The minimum atomic E-state index is 0. The smallest absolute Gasteiger partial charge is 0 e. The quantitative estimate of drug-likeness (QED) is 0.548. The van der Waals surface area contributed by atoms with Gasteiger partial charge in [-0.2, -0.15) is 5.41 Å². The zero-order chi connectivity index (χ0) is 4.12. The molecule has 0 heterocycles. The molecule has 0 N–H and O–H groups in total. The molecule has 33 valence electrons. The molecule has 0 aromatic rings. The molecule has 1 radical (unpaired) electrons. The zero-order valence-corrected chi connectivity index (χ0v) is 7.50. The summed E-state index contributed by atoms with van der Waals surface area (Å²) in [5.74, 6) is 0. The van der Waals surface area contributed by atoms with Gasteiger partial charge in [-0.25, -0.2) is 24.8 Å². The Morgan fingerprint density at radius 2 is 2.17 bits per heavy atom. The molecule has 0 amide bonds. The maximum Gasteiger partial charge on any atom is 0 e. The van der Waals surface area contributed by atoms with Crippen molar-refractivity contribution in [1.29, 1.82) is 0 Å². The van der Waals surface area contributed by atoms with Crippen LogP contribution in [-0.4, -0.2) is 6.26 Å². The second-order valence-electron chi connectivity index (χ2n) is 0.607. The van der Waals surface area contributed by atoms with Crippen LogP contribution in [0.3, 0.4) is 0 Å². The van der Waals surface area contributed by atoms with E-state index in [-0.39, 0.29) is 32.7 Å². The number of hydrogen-bond donors (Lipinski definition) is 0. The molecule has 0 saturated heterocycles. The summed E-state index contributed by atoms with van der Waals surface area (Å²) in [7, 11) is 0. The van der Waals surface area contributed by atoms with E-state index in [4.69, 9.17) is 0 Å². The molecule has 0 aromatic carbocycles. The summed E-state index contributed by atoms with van der Waals surface area (Å²) in [6.07, 6.45) is 3.77. The molecule has 0 unspecified atom stereocenters. The van der Waals surface area contributed by atoms with Crippen molar-refractivity contribution in [2.24, 2.45) is 0 Å². The van der Waals surface area contributed by atoms with Crippen LogP contribution in [0.1, 0.15) is 0 Å². The molecule has 0 nitrogen and oxygen atoms in total. The predicted octanol–water partition coefficient (Wildman–Crippen LogP) is 1.69. The summed E-state index contributed by atoms with van der Waals surface area (Å²) in [4.78, 5) is 0. The Kier molecular flexibility index (Phi) is 15.9. The van der Waals surface area contributed by atoms with Crippen molar-refractivity contribution in [2.75, 3.05) is 6.26 Å². The molecule has 0 aromatic heterocycles. The van der Waals surface area contributed by atoms with E-state index in [2.05, 4.69) is 6.92 Å².